The van der Waals surface area contributed by atoms with Gasteiger partial charge in [-0.3, -0.25) is 9.80 Å². The summed E-state index contributed by atoms with van der Waals surface area (Å²) in [5.41, 5.74) is 1.20. The minimum atomic E-state index is 0.611. The summed E-state index contributed by atoms with van der Waals surface area (Å²) in [5, 5.41) is 19.5. The summed E-state index contributed by atoms with van der Waals surface area (Å²) >= 11 is 0. The van der Waals surface area contributed by atoms with Crippen LogP contribution >= 0.6 is 0 Å². The first kappa shape index (κ1) is 93.0. The third-order valence-electron chi connectivity index (χ3n) is 14.6. The first-order valence-corrected chi connectivity index (χ1v) is 37.4. The average molecular weight is 1430 g/mol. The van der Waals surface area contributed by atoms with Crippen molar-refractivity contribution in [3.8, 4) is 0 Å². The molecule has 29 heteroatoms. The number of hydrogen-bond donors (Lipinski definition) is 6. The Bertz CT molecular complexity index is 1380. The van der Waals surface area contributed by atoms with Gasteiger partial charge in [-0.1, -0.05) is 32.0 Å². The molecule has 0 amide bonds. The molecular formula is C70H141N9O20. The van der Waals surface area contributed by atoms with Gasteiger partial charge in [0.1, 0.15) is 0 Å². The molecule has 5 heterocycles. The Labute approximate surface area is 597 Å². The molecular weight excluding hydrogens is 1290 g/mol. The summed E-state index contributed by atoms with van der Waals surface area (Å²) in [6, 6.07) is 10.3. The first-order valence-electron chi connectivity index (χ1n) is 37.4. The Morgan fingerprint density at radius 3 is 0.566 bits per heavy atom. The Kier molecular flexibility index (Phi) is 76.6. The van der Waals surface area contributed by atoms with Crippen LogP contribution in [-0.4, -0.2) is 405 Å². The van der Waals surface area contributed by atoms with Crippen LogP contribution in [0.4, 0.5) is 5.69 Å². The number of hydrogen-bond acceptors (Lipinski definition) is 29. The van der Waals surface area contributed by atoms with Gasteiger partial charge in [0.15, 0.2) is 0 Å². The van der Waals surface area contributed by atoms with Crippen molar-refractivity contribution in [1.29, 1.82) is 0 Å². The predicted octanol–water partition coefficient (Wildman–Crippen LogP) is 0.800. The van der Waals surface area contributed by atoms with Crippen molar-refractivity contribution >= 4 is 5.69 Å². The standard InChI is InChI=1S/C18H38N2O4.C16H25NO4.C14H30N2O5.C12H26N2O4.C10H22N2O3/c1-3-5-19-7-11-21-15-17-23-13-9-20(6-4-2)10-14-24-18-16-22-12-8-19;1-2-4-16(5-3-1)17-6-8-18-10-12-20-14-15-21-13-11-19-9-7-17;1-5-17-9-10-18-6-2-16-4-8-20-12-14-21-13-11-19-7-3-15-1;1-5-15-9-10-17-7-3-14-4-8-18-12-11-16-6-2-13-1;1-5-13-6-2-12-4-8-15-10-9-14-7-3-11-1/h3-18H2,1-2H3;1-5H,6-15H2;15-16H,1-14H2;13-14H,1-12H2;11-12H,1-10H2. The monoisotopic (exact) mass is 1430 g/mol. The largest absolute Gasteiger partial charge is 0.379 e. The fraction of sp³-hybridized carbons (Fsp3) is 0.914. The van der Waals surface area contributed by atoms with Gasteiger partial charge in [0, 0.05) is 123 Å². The van der Waals surface area contributed by atoms with E-state index in [1.807, 2.05) is 18.2 Å². The van der Waals surface area contributed by atoms with E-state index in [0.717, 1.165) is 197 Å². The van der Waals surface area contributed by atoms with Gasteiger partial charge < -0.3 is 132 Å². The van der Waals surface area contributed by atoms with Gasteiger partial charge >= 0.3 is 0 Å². The van der Waals surface area contributed by atoms with Crippen molar-refractivity contribution in [3.63, 3.8) is 0 Å². The van der Waals surface area contributed by atoms with Crippen molar-refractivity contribution in [2.75, 3.05) is 400 Å². The molecule has 0 spiro atoms. The maximum absolute atomic E-state index is 5.69. The van der Waals surface area contributed by atoms with Crippen molar-refractivity contribution in [2.45, 2.75) is 26.7 Å². The number of benzene rings is 1. The van der Waals surface area contributed by atoms with Crippen LogP contribution in [0.2, 0.25) is 0 Å². The van der Waals surface area contributed by atoms with Gasteiger partial charge in [0.05, 0.1) is 264 Å². The van der Waals surface area contributed by atoms with Gasteiger partial charge in [-0.25, -0.2) is 0 Å². The van der Waals surface area contributed by atoms with E-state index in [1.165, 1.54) is 5.69 Å². The highest BCUT2D eigenvalue weighted by atomic mass is 16.6. The predicted molar refractivity (Wildman–Crippen MR) is 386 cm³/mol. The van der Waals surface area contributed by atoms with Crippen molar-refractivity contribution in [3.05, 3.63) is 30.3 Å². The average Bonchev–Trinajstić information content (AvgIpc) is 1.44. The van der Waals surface area contributed by atoms with Crippen LogP contribution in [0.5, 0.6) is 0 Å². The quantitative estimate of drug-likeness (QED) is 0.238. The zero-order chi connectivity index (χ0) is 70.1. The molecule has 0 bridgehead atoms. The number of nitrogens with one attached hydrogen (secondary N) is 6. The molecule has 0 saturated carbocycles. The minimum Gasteiger partial charge on any atom is -0.379 e. The van der Waals surface area contributed by atoms with E-state index in [9.17, 15) is 0 Å². The molecule has 586 valence electrons. The van der Waals surface area contributed by atoms with Crippen LogP contribution in [0.1, 0.15) is 26.7 Å². The van der Waals surface area contributed by atoms with Crippen LogP contribution in [-0.2, 0) is 94.7 Å². The second-order valence-corrected chi connectivity index (χ2v) is 22.8. The Morgan fingerprint density at radius 1 is 0.212 bits per heavy atom. The summed E-state index contributed by atoms with van der Waals surface area (Å²) in [4.78, 5) is 7.07. The number of ether oxygens (including phenoxy) is 20. The Morgan fingerprint density at radius 2 is 0.374 bits per heavy atom. The molecule has 99 heavy (non-hydrogen) atoms. The fourth-order valence-electron chi connectivity index (χ4n) is 9.26. The Hall–Kier alpha value is -2.10. The lowest BCUT2D eigenvalue weighted by molar-refractivity contribution is 0.00206. The van der Waals surface area contributed by atoms with Crippen LogP contribution in [0.15, 0.2) is 30.3 Å². The number of para-hydroxylation sites is 1. The van der Waals surface area contributed by atoms with E-state index < -0.39 is 0 Å². The van der Waals surface area contributed by atoms with E-state index in [1.54, 1.807) is 0 Å². The van der Waals surface area contributed by atoms with Gasteiger partial charge in [0.2, 0.25) is 0 Å². The smallest absolute Gasteiger partial charge is 0.0701 e. The first-order chi connectivity index (χ1) is 49.3. The maximum atomic E-state index is 5.69. The highest BCUT2D eigenvalue weighted by Crippen LogP contribution is 2.12. The van der Waals surface area contributed by atoms with Gasteiger partial charge in [-0.15, -0.1) is 0 Å². The van der Waals surface area contributed by atoms with Crippen LogP contribution in [0.3, 0.4) is 0 Å². The molecule has 1 aromatic rings. The molecule has 0 unspecified atom stereocenters. The number of nitrogens with zero attached hydrogens (tertiary/aromatic N) is 3. The van der Waals surface area contributed by atoms with E-state index in [0.29, 0.717) is 211 Å². The molecule has 5 aliphatic rings. The molecule has 0 aromatic heterocycles. The zero-order valence-electron chi connectivity index (χ0n) is 61.7. The fourth-order valence-corrected chi connectivity index (χ4v) is 9.26. The summed E-state index contributed by atoms with van der Waals surface area (Å²) in [5.74, 6) is 0. The molecule has 5 aliphatic heterocycles. The summed E-state index contributed by atoms with van der Waals surface area (Å²) in [6.07, 6.45) is 2.31. The highest BCUT2D eigenvalue weighted by molar-refractivity contribution is 5.45. The Balaban J connectivity index is 0.000000424. The molecule has 5 saturated heterocycles. The van der Waals surface area contributed by atoms with Crippen LogP contribution in [0.25, 0.3) is 0 Å². The van der Waals surface area contributed by atoms with Gasteiger partial charge in [0.25, 0.3) is 0 Å². The molecule has 0 radical (unpaired) electrons. The zero-order valence-corrected chi connectivity index (χ0v) is 61.7. The van der Waals surface area contributed by atoms with Crippen molar-refractivity contribution in [2.24, 2.45) is 0 Å². The van der Waals surface area contributed by atoms with Crippen LogP contribution in [0, 0.1) is 0 Å². The molecule has 29 nitrogen and oxygen atoms in total. The number of anilines is 1. The SMILES string of the molecule is C1COCCNCCOCCOCCN1.C1COCCOCCNCCOCCOCCN1.C1COCCOCCNCCOCCOCCOCCN1.CCCN1CCOCCOCCN(CCC)CCOCCOCC1.c1ccc(N2CCOCCOCCOCCOCC2)cc1. The highest BCUT2D eigenvalue weighted by Gasteiger charge is 2.10. The van der Waals surface area contributed by atoms with Crippen molar-refractivity contribution < 1.29 is 94.7 Å². The van der Waals surface area contributed by atoms with E-state index in [4.69, 9.17) is 94.7 Å². The molecule has 6 rings (SSSR count). The topological polar surface area (TPSA) is 266 Å². The minimum absolute atomic E-state index is 0.611. The van der Waals surface area contributed by atoms with E-state index in [2.05, 4.69) is 72.6 Å². The third kappa shape index (κ3) is 71.3. The van der Waals surface area contributed by atoms with E-state index in [-0.39, 0.29) is 0 Å². The van der Waals surface area contributed by atoms with Crippen molar-refractivity contribution in [1.82, 2.24) is 41.7 Å². The molecule has 0 aliphatic carbocycles. The maximum Gasteiger partial charge on any atom is 0.0701 e. The van der Waals surface area contributed by atoms with E-state index >= 15 is 0 Å². The lowest BCUT2D eigenvalue weighted by Crippen LogP contribution is -2.33. The summed E-state index contributed by atoms with van der Waals surface area (Å²) in [6.45, 7) is 49.5. The lowest BCUT2D eigenvalue weighted by Gasteiger charge is -2.24. The second kappa shape index (κ2) is 81.6. The summed E-state index contributed by atoms with van der Waals surface area (Å²) < 4.78 is 110. The molecule has 1 aromatic carbocycles. The molecule has 5 fully saturated rings. The van der Waals surface area contributed by atoms with Crippen LogP contribution < -0.4 is 36.8 Å². The molecule has 0 atom stereocenters. The lowest BCUT2D eigenvalue weighted by atomic mass is 10.3. The second-order valence-electron chi connectivity index (χ2n) is 22.8. The van der Waals surface area contributed by atoms with Gasteiger partial charge in [-0.2, -0.15) is 0 Å². The third-order valence-corrected chi connectivity index (χ3v) is 14.6. The number of rotatable bonds is 5. The summed E-state index contributed by atoms with van der Waals surface area (Å²) in [7, 11) is 0. The normalized spacial score (nSPS) is 22.9. The molecule has 6 N–H and O–H groups in total. The van der Waals surface area contributed by atoms with Gasteiger partial charge in [-0.05, 0) is 38.1 Å².